The van der Waals surface area contributed by atoms with E-state index in [1.54, 1.807) is 6.92 Å². The van der Waals surface area contributed by atoms with Gasteiger partial charge in [-0.25, -0.2) is 9.97 Å². The highest BCUT2D eigenvalue weighted by Gasteiger charge is 2.31. The Balaban J connectivity index is 1.34. The number of nitrogens with zero attached hydrogens (tertiary/aromatic N) is 2. The maximum atomic E-state index is 12.5. The number of carbonyl (C=O) groups is 2. The third-order valence-electron chi connectivity index (χ3n) is 4.97. The van der Waals surface area contributed by atoms with Gasteiger partial charge in [-0.3, -0.25) is 14.9 Å². The largest absolute Gasteiger partial charge is 0.435 e. The molecule has 2 aromatic heterocycles. The molecule has 7 nitrogen and oxygen atoms in total. The van der Waals surface area contributed by atoms with Crippen molar-refractivity contribution >= 4 is 34.0 Å². The summed E-state index contributed by atoms with van der Waals surface area (Å²) in [5.74, 6) is 0.990. The van der Waals surface area contributed by atoms with Gasteiger partial charge in [0.2, 0.25) is 11.7 Å². The molecule has 1 fully saturated rings. The van der Waals surface area contributed by atoms with Crippen LogP contribution in [0.25, 0.3) is 11.3 Å². The number of aryl methyl sites for hydroxylation is 2. The second kappa shape index (κ2) is 6.56. The molecule has 0 radical (unpaired) electrons. The van der Waals surface area contributed by atoms with Gasteiger partial charge in [0.25, 0.3) is 5.91 Å². The van der Waals surface area contributed by atoms with Crippen molar-refractivity contribution in [1.29, 1.82) is 0 Å². The van der Waals surface area contributed by atoms with E-state index in [4.69, 9.17) is 4.42 Å². The van der Waals surface area contributed by atoms with E-state index in [-0.39, 0.29) is 17.6 Å². The first-order chi connectivity index (χ1) is 13.6. The van der Waals surface area contributed by atoms with Crippen LogP contribution >= 0.6 is 11.3 Å². The average molecular weight is 394 g/mol. The predicted molar refractivity (Wildman–Crippen MR) is 106 cm³/mol. The summed E-state index contributed by atoms with van der Waals surface area (Å²) >= 11 is 1.36. The topological polar surface area (TPSA) is 97.1 Å². The molecule has 0 spiro atoms. The highest BCUT2D eigenvalue weighted by atomic mass is 32.1. The zero-order valence-electron chi connectivity index (χ0n) is 15.2. The molecule has 3 heterocycles. The number of amides is 2. The summed E-state index contributed by atoms with van der Waals surface area (Å²) in [4.78, 5) is 32.9. The van der Waals surface area contributed by atoms with E-state index in [0.29, 0.717) is 29.1 Å². The monoisotopic (exact) mass is 394 g/mol. The standard InChI is InChI=1S/C20H18N4O3S/c1-10-17(27-19(21-10)11-2-3-11)18(26)24-20-23-15(9-28-20)13-4-6-14-12(8-13)5-7-16(25)22-14/h4,6,8-9,11H,2-3,5,7H2,1H3,(H,22,25)(H,23,24,26). The van der Waals surface area contributed by atoms with Gasteiger partial charge in [-0.15, -0.1) is 11.3 Å². The molecule has 1 aromatic carbocycles. The molecule has 0 atom stereocenters. The minimum absolute atomic E-state index is 0.0476. The molecule has 28 heavy (non-hydrogen) atoms. The highest BCUT2D eigenvalue weighted by Crippen LogP contribution is 2.40. The van der Waals surface area contributed by atoms with Crippen molar-refractivity contribution in [3.05, 3.63) is 46.5 Å². The molecule has 0 unspecified atom stereocenters. The Morgan fingerprint density at radius 3 is 2.96 bits per heavy atom. The van der Waals surface area contributed by atoms with Gasteiger partial charge in [-0.1, -0.05) is 6.07 Å². The van der Waals surface area contributed by atoms with Crippen molar-refractivity contribution in [2.75, 3.05) is 10.6 Å². The number of thiazole rings is 1. The summed E-state index contributed by atoms with van der Waals surface area (Å²) in [6, 6.07) is 5.86. The molecule has 8 heteroatoms. The zero-order chi connectivity index (χ0) is 19.3. The Bertz CT molecular complexity index is 1100. The van der Waals surface area contributed by atoms with Crippen molar-refractivity contribution in [3.63, 3.8) is 0 Å². The van der Waals surface area contributed by atoms with E-state index >= 15 is 0 Å². The Morgan fingerprint density at radius 2 is 2.14 bits per heavy atom. The molecule has 5 rings (SSSR count). The summed E-state index contributed by atoms with van der Waals surface area (Å²) in [7, 11) is 0. The lowest BCUT2D eigenvalue weighted by Crippen LogP contribution is -2.18. The number of hydrogen-bond donors (Lipinski definition) is 2. The Labute approximate surface area is 165 Å². The third kappa shape index (κ3) is 3.20. The van der Waals surface area contributed by atoms with Gasteiger partial charge in [0.15, 0.2) is 11.0 Å². The lowest BCUT2D eigenvalue weighted by atomic mass is 9.99. The SMILES string of the molecule is Cc1nc(C2CC2)oc1C(=O)Nc1nc(-c2ccc3c(c2)CCC(=O)N3)cs1. The van der Waals surface area contributed by atoms with Gasteiger partial charge in [0, 0.05) is 29.0 Å². The minimum atomic E-state index is -0.328. The molecule has 3 aromatic rings. The number of hydrogen-bond acceptors (Lipinski definition) is 6. The van der Waals surface area contributed by atoms with Crippen molar-refractivity contribution in [3.8, 4) is 11.3 Å². The summed E-state index contributed by atoms with van der Waals surface area (Å²) in [5.41, 5.74) is 4.30. The molecule has 1 aliphatic carbocycles. The average Bonchev–Trinajstić information content (AvgIpc) is 3.31. The second-order valence-electron chi connectivity index (χ2n) is 7.15. The fourth-order valence-electron chi connectivity index (χ4n) is 3.29. The third-order valence-corrected chi connectivity index (χ3v) is 5.72. The van der Waals surface area contributed by atoms with Crippen LogP contribution in [0.4, 0.5) is 10.8 Å². The number of rotatable bonds is 4. The van der Waals surface area contributed by atoms with Crippen LogP contribution in [0.3, 0.4) is 0 Å². The smallest absolute Gasteiger partial charge is 0.295 e. The fourth-order valence-corrected chi connectivity index (χ4v) is 4.01. The highest BCUT2D eigenvalue weighted by molar-refractivity contribution is 7.14. The Kier molecular flexibility index (Phi) is 4.01. The van der Waals surface area contributed by atoms with Crippen LogP contribution in [0, 0.1) is 6.92 Å². The molecule has 1 saturated carbocycles. The van der Waals surface area contributed by atoms with Crippen molar-refractivity contribution in [1.82, 2.24) is 9.97 Å². The van der Waals surface area contributed by atoms with Crippen molar-refractivity contribution in [2.24, 2.45) is 0 Å². The molecule has 142 valence electrons. The van der Waals surface area contributed by atoms with Crippen LogP contribution in [-0.2, 0) is 11.2 Å². The number of nitrogens with one attached hydrogen (secondary N) is 2. The zero-order valence-corrected chi connectivity index (χ0v) is 16.1. The molecule has 2 aliphatic rings. The quantitative estimate of drug-likeness (QED) is 0.694. The molecule has 1 aliphatic heterocycles. The predicted octanol–water partition coefficient (Wildman–Crippen LogP) is 4.12. The maximum absolute atomic E-state index is 12.5. The van der Waals surface area contributed by atoms with E-state index in [1.165, 1.54) is 11.3 Å². The van der Waals surface area contributed by atoms with Crippen LogP contribution < -0.4 is 10.6 Å². The van der Waals surface area contributed by atoms with Crippen LogP contribution in [-0.4, -0.2) is 21.8 Å². The van der Waals surface area contributed by atoms with Gasteiger partial charge in [-0.05, 0) is 43.9 Å². The summed E-state index contributed by atoms with van der Waals surface area (Å²) in [6.07, 6.45) is 3.35. The van der Waals surface area contributed by atoms with Gasteiger partial charge in [-0.2, -0.15) is 0 Å². The summed E-state index contributed by atoms with van der Waals surface area (Å²) in [5, 5.41) is 8.10. The molecule has 2 amide bonds. The minimum Gasteiger partial charge on any atom is -0.435 e. The molecule has 0 bridgehead atoms. The summed E-state index contributed by atoms with van der Waals surface area (Å²) < 4.78 is 5.65. The first-order valence-electron chi connectivity index (χ1n) is 9.24. The Morgan fingerprint density at radius 1 is 1.29 bits per heavy atom. The van der Waals surface area contributed by atoms with Crippen LogP contribution in [0.2, 0.25) is 0 Å². The van der Waals surface area contributed by atoms with Crippen LogP contribution in [0.15, 0.2) is 28.0 Å². The van der Waals surface area contributed by atoms with E-state index in [9.17, 15) is 9.59 Å². The van der Waals surface area contributed by atoms with Gasteiger partial charge in [0.1, 0.15) is 0 Å². The molecular formula is C20H18N4O3S. The first kappa shape index (κ1) is 17.1. The lowest BCUT2D eigenvalue weighted by molar-refractivity contribution is -0.116. The van der Waals surface area contributed by atoms with Crippen LogP contribution in [0.5, 0.6) is 0 Å². The molecular weight excluding hydrogens is 376 g/mol. The maximum Gasteiger partial charge on any atom is 0.295 e. The number of anilines is 2. The number of oxazole rings is 1. The van der Waals surface area contributed by atoms with Gasteiger partial charge < -0.3 is 9.73 Å². The second-order valence-corrected chi connectivity index (χ2v) is 8.01. The number of benzene rings is 1. The number of aromatic nitrogens is 2. The number of fused-ring (bicyclic) bond motifs is 1. The van der Waals surface area contributed by atoms with E-state index in [1.807, 2.05) is 23.6 Å². The van der Waals surface area contributed by atoms with Gasteiger partial charge in [0.05, 0.1) is 11.4 Å². The molecule has 0 saturated heterocycles. The lowest BCUT2D eigenvalue weighted by Gasteiger charge is -2.17. The number of carbonyl (C=O) groups excluding carboxylic acids is 2. The van der Waals surface area contributed by atoms with Crippen LogP contribution in [0.1, 0.15) is 52.9 Å². The Hall–Kier alpha value is -3.00. The normalized spacial score (nSPS) is 15.8. The fraction of sp³-hybridized carbons (Fsp3) is 0.300. The van der Waals surface area contributed by atoms with E-state index in [2.05, 4.69) is 20.6 Å². The van der Waals surface area contributed by atoms with Crippen molar-refractivity contribution < 1.29 is 14.0 Å². The van der Waals surface area contributed by atoms with E-state index < -0.39 is 0 Å². The van der Waals surface area contributed by atoms with Gasteiger partial charge >= 0.3 is 0 Å². The van der Waals surface area contributed by atoms with E-state index in [0.717, 1.165) is 41.8 Å². The first-order valence-corrected chi connectivity index (χ1v) is 10.1. The molecule has 2 N–H and O–H groups in total. The summed E-state index contributed by atoms with van der Waals surface area (Å²) in [6.45, 7) is 1.78. The van der Waals surface area contributed by atoms with Crippen molar-refractivity contribution in [2.45, 2.75) is 38.5 Å².